The molecule has 8 aromatic rings. The highest BCUT2D eigenvalue weighted by Gasteiger charge is 2.46. The van der Waals surface area contributed by atoms with Crippen molar-refractivity contribution in [3.05, 3.63) is 203 Å². The first-order chi connectivity index (χ1) is 25.6. The van der Waals surface area contributed by atoms with Crippen molar-refractivity contribution in [2.24, 2.45) is 0 Å². The molecule has 53 heavy (non-hydrogen) atoms. The summed E-state index contributed by atoms with van der Waals surface area (Å²) in [5.74, 6) is 0. The van der Waals surface area contributed by atoms with E-state index in [1.54, 1.807) is 0 Å². The van der Waals surface area contributed by atoms with Crippen LogP contribution in [0.4, 0.5) is 0 Å². The van der Waals surface area contributed by atoms with E-state index >= 15 is 0 Å². The van der Waals surface area contributed by atoms with Gasteiger partial charge in [0.05, 0.1) is 5.41 Å². The molecule has 0 heteroatoms. The molecular formula is C53H46. The van der Waals surface area contributed by atoms with Gasteiger partial charge in [0.1, 0.15) is 0 Å². The van der Waals surface area contributed by atoms with Crippen molar-refractivity contribution in [2.75, 3.05) is 0 Å². The molecule has 0 N–H and O–H groups in total. The minimum atomic E-state index is -0.462. The van der Waals surface area contributed by atoms with E-state index in [1.807, 2.05) is 0 Å². The van der Waals surface area contributed by atoms with E-state index in [2.05, 4.69) is 211 Å². The first kappa shape index (κ1) is 33.1. The molecular weight excluding hydrogens is 637 g/mol. The van der Waals surface area contributed by atoms with Crippen LogP contribution in [-0.2, 0) is 16.2 Å². The molecule has 0 heterocycles. The Hall–Kier alpha value is -5.72. The summed E-state index contributed by atoms with van der Waals surface area (Å²) >= 11 is 0. The van der Waals surface area contributed by atoms with Gasteiger partial charge in [0.25, 0.3) is 0 Å². The Bertz CT molecular complexity index is 2610. The smallest absolute Gasteiger partial charge is 0.0622 e. The molecule has 0 bridgehead atoms. The number of hydrogen-bond donors (Lipinski definition) is 0. The van der Waals surface area contributed by atoms with E-state index < -0.39 is 5.41 Å². The highest BCUT2D eigenvalue weighted by molar-refractivity contribution is 6.22. The Kier molecular flexibility index (Phi) is 7.61. The van der Waals surface area contributed by atoms with Crippen molar-refractivity contribution in [2.45, 2.75) is 57.8 Å². The average Bonchev–Trinajstić information content (AvgIpc) is 3.47. The first-order valence-corrected chi connectivity index (χ1v) is 19.0. The van der Waals surface area contributed by atoms with Gasteiger partial charge in [0, 0.05) is 0 Å². The zero-order valence-electron chi connectivity index (χ0n) is 31.7. The number of rotatable bonds is 4. The lowest BCUT2D eigenvalue weighted by molar-refractivity contribution is 0.590. The Morgan fingerprint density at radius 3 is 1.32 bits per heavy atom. The maximum Gasteiger partial charge on any atom is 0.0713 e. The standard InChI is InChI=1S/C53H46/c1-51(2,3)39-28-31-44-45(33-39)49(35-18-10-7-11-19-35)43-30-27-40(52(4,5)6)34-46(43)50(44)36-26-29-42-41-24-16-17-25-47(41)53(48(42)32-36,37-20-12-8-13-21-37)38-22-14-9-15-23-38/h7-34H,1-6H3. The number of hydrogen-bond acceptors (Lipinski definition) is 0. The molecule has 9 rings (SSSR count). The topological polar surface area (TPSA) is 0 Å². The monoisotopic (exact) mass is 682 g/mol. The predicted octanol–water partition coefficient (Wildman–Crippen LogP) is 14.3. The Morgan fingerprint density at radius 2 is 0.792 bits per heavy atom. The van der Waals surface area contributed by atoms with Gasteiger partial charge in [-0.15, -0.1) is 0 Å². The van der Waals surface area contributed by atoms with E-state index in [0.717, 1.165) is 0 Å². The summed E-state index contributed by atoms with van der Waals surface area (Å²) in [6.45, 7) is 13.9. The third-order valence-corrected chi connectivity index (χ3v) is 11.7. The molecule has 8 aromatic carbocycles. The van der Waals surface area contributed by atoms with Crippen LogP contribution in [0.2, 0.25) is 0 Å². The largest absolute Gasteiger partial charge is 0.0713 e. The summed E-state index contributed by atoms with van der Waals surface area (Å²) in [6, 6.07) is 64.1. The van der Waals surface area contributed by atoms with Gasteiger partial charge in [-0.25, -0.2) is 0 Å². The van der Waals surface area contributed by atoms with E-state index in [0.29, 0.717) is 0 Å². The van der Waals surface area contributed by atoms with Crippen molar-refractivity contribution in [3.63, 3.8) is 0 Å². The van der Waals surface area contributed by atoms with Crippen LogP contribution in [0, 0.1) is 0 Å². The predicted molar refractivity (Wildman–Crippen MR) is 227 cm³/mol. The van der Waals surface area contributed by atoms with Crippen LogP contribution in [0.25, 0.3) is 54.9 Å². The highest BCUT2D eigenvalue weighted by Crippen LogP contribution is 2.57. The summed E-state index contributed by atoms with van der Waals surface area (Å²) in [5, 5.41) is 5.18. The molecule has 0 amide bonds. The second-order valence-electron chi connectivity index (χ2n) is 16.9. The third kappa shape index (κ3) is 5.19. The SMILES string of the molecule is CC(C)(C)c1ccc2c(-c3ccc4c(c3)C(c3ccccc3)(c3ccccc3)c3ccccc3-4)c3cc(C(C)(C)C)ccc3c(-c3ccccc3)c2c1. The molecule has 0 atom stereocenters. The van der Waals surface area contributed by atoms with Crippen LogP contribution in [0.3, 0.4) is 0 Å². The van der Waals surface area contributed by atoms with Crippen LogP contribution in [0.1, 0.15) is 74.9 Å². The van der Waals surface area contributed by atoms with Crippen LogP contribution < -0.4 is 0 Å². The second kappa shape index (κ2) is 12.2. The van der Waals surface area contributed by atoms with Crippen LogP contribution in [0.5, 0.6) is 0 Å². The fourth-order valence-electron chi connectivity index (χ4n) is 8.99. The van der Waals surface area contributed by atoms with E-state index in [-0.39, 0.29) is 10.8 Å². The molecule has 0 saturated carbocycles. The molecule has 1 aliphatic carbocycles. The van der Waals surface area contributed by atoms with Gasteiger partial charge in [-0.3, -0.25) is 0 Å². The van der Waals surface area contributed by atoms with Gasteiger partial charge in [0.15, 0.2) is 0 Å². The van der Waals surface area contributed by atoms with Gasteiger partial charge in [-0.1, -0.05) is 193 Å². The Labute approximate surface area is 314 Å². The zero-order valence-corrected chi connectivity index (χ0v) is 31.7. The molecule has 0 unspecified atom stereocenters. The molecule has 0 aliphatic heterocycles. The van der Waals surface area contributed by atoms with Crippen molar-refractivity contribution >= 4 is 21.5 Å². The minimum Gasteiger partial charge on any atom is -0.0622 e. The van der Waals surface area contributed by atoms with Gasteiger partial charge < -0.3 is 0 Å². The second-order valence-corrected chi connectivity index (χ2v) is 16.9. The molecule has 0 fully saturated rings. The average molecular weight is 683 g/mol. The van der Waals surface area contributed by atoms with E-state index in [4.69, 9.17) is 0 Å². The molecule has 1 aliphatic rings. The molecule has 0 spiro atoms. The summed E-state index contributed by atoms with van der Waals surface area (Å²) in [4.78, 5) is 0. The zero-order chi connectivity index (χ0) is 36.5. The number of fused-ring (bicyclic) bond motifs is 5. The van der Waals surface area contributed by atoms with Gasteiger partial charge in [-0.05, 0) is 117 Å². The maximum absolute atomic E-state index is 2.53. The Morgan fingerprint density at radius 1 is 0.340 bits per heavy atom. The minimum absolute atomic E-state index is 0.00122. The molecule has 0 saturated heterocycles. The van der Waals surface area contributed by atoms with Crippen molar-refractivity contribution < 1.29 is 0 Å². The molecule has 0 nitrogen and oxygen atoms in total. The summed E-state index contributed by atoms with van der Waals surface area (Å²) in [6.07, 6.45) is 0. The maximum atomic E-state index is 2.53. The fourth-order valence-corrected chi connectivity index (χ4v) is 8.99. The lowest BCUT2D eigenvalue weighted by Gasteiger charge is -2.34. The summed E-state index contributed by atoms with van der Waals surface area (Å²) in [5.41, 5.74) is 15.2. The summed E-state index contributed by atoms with van der Waals surface area (Å²) in [7, 11) is 0. The fraction of sp³-hybridized carbons (Fsp3) is 0.170. The van der Waals surface area contributed by atoms with Crippen LogP contribution >= 0.6 is 0 Å². The van der Waals surface area contributed by atoms with E-state index in [9.17, 15) is 0 Å². The van der Waals surface area contributed by atoms with Crippen LogP contribution in [-0.4, -0.2) is 0 Å². The normalized spacial score (nSPS) is 13.6. The van der Waals surface area contributed by atoms with Gasteiger partial charge in [-0.2, -0.15) is 0 Å². The molecule has 258 valence electrons. The van der Waals surface area contributed by atoms with Gasteiger partial charge in [0.2, 0.25) is 0 Å². The lowest BCUT2D eigenvalue weighted by Crippen LogP contribution is -2.28. The Balaban J connectivity index is 1.44. The number of benzene rings is 8. The highest BCUT2D eigenvalue weighted by atomic mass is 14.5. The summed E-state index contributed by atoms with van der Waals surface area (Å²) < 4.78 is 0. The van der Waals surface area contributed by atoms with E-state index in [1.165, 1.54) is 88.3 Å². The van der Waals surface area contributed by atoms with Gasteiger partial charge >= 0.3 is 0 Å². The van der Waals surface area contributed by atoms with Crippen molar-refractivity contribution in [1.29, 1.82) is 0 Å². The lowest BCUT2D eigenvalue weighted by atomic mass is 9.67. The van der Waals surface area contributed by atoms with Crippen molar-refractivity contribution in [1.82, 2.24) is 0 Å². The van der Waals surface area contributed by atoms with Crippen molar-refractivity contribution in [3.8, 4) is 33.4 Å². The van der Waals surface area contributed by atoms with Crippen LogP contribution in [0.15, 0.2) is 170 Å². The molecule has 0 aromatic heterocycles. The molecule has 0 radical (unpaired) electrons. The quantitative estimate of drug-likeness (QED) is 0.162. The third-order valence-electron chi connectivity index (χ3n) is 11.7. The first-order valence-electron chi connectivity index (χ1n) is 19.0.